The third-order valence-electron chi connectivity index (χ3n) is 6.48. The Morgan fingerprint density at radius 1 is 0.964 bits per heavy atom. The van der Waals surface area contributed by atoms with Gasteiger partial charge in [-0.1, -0.05) is 54.6 Å². The summed E-state index contributed by atoms with van der Waals surface area (Å²) in [6.07, 6.45) is 6.94. The molecule has 0 N–H and O–H groups in total. The molecule has 2 heterocycles. The predicted octanol–water partition coefficient (Wildman–Crippen LogP) is 4.93. The Morgan fingerprint density at radius 3 is 2.57 bits per heavy atom. The third kappa shape index (κ3) is 3.24. The number of nitrogens with zero attached hydrogens (tertiary/aromatic N) is 3. The van der Waals surface area contributed by atoms with E-state index < -0.39 is 0 Å². The molecule has 5 rings (SSSR count). The van der Waals surface area contributed by atoms with Crippen LogP contribution in [-0.4, -0.2) is 28.0 Å². The van der Waals surface area contributed by atoms with E-state index in [4.69, 9.17) is 4.98 Å². The van der Waals surface area contributed by atoms with Crippen molar-refractivity contribution < 1.29 is 0 Å². The van der Waals surface area contributed by atoms with Gasteiger partial charge < -0.3 is 0 Å². The predicted molar refractivity (Wildman–Crippen MR) is 113 cm³/mol. The van der Waals surface area contributed by atoms with Gasteiger partial charge in [0.15, 0.2) is 0 Å². The molecule has 1 aliphatic carbocycles. The largest absolute Gasteiger partial charge is 0.298 e. The molecule has 0 amide bonds. The molecule has 2 aromatic carbocycles. The first kappa shape index (κ1) is 17.6. The van der Waals surface area contributed by atoms with Crippen molar-refractivity contribution in [2.75, 3.05) is 13.1 Å². The van der Waals surface area contributed by atoms with Crippen LogP contribution < -0.4 is 0 Å². The Morgan fingerprint density at radius 2 is 1.75 bits per heavy atom. The molecular formula is C25H27N3. The van der Waals surface area contributed by atoms with Gasteiger partial charge in [-0.3, -0.25) is 4.90 Å². The Labute approximate surface area is 167 Å². The van der Waals surface area contributed by atoms with E-state index in [2.05, 4.69) is 70.7 Å². The lowest BCUT2D eigenvalue weighted by molar-refractivity contribution is 0.136. The van der Waals surface area contributed by atoms with Crippen LogP contribution >= 0.6 is 0 Å². The maximum absolute atomic E-state index is 4.88. The zero-order chi connectivity index (χ0) is 19.0. The average Bonchev–Trinajstić information content (AvgIpc) is 3.06. The smallest absolute Gasteiger partial charge is 0.125 e. The maximum atomic E-state index is 4.88. The molecule has 28 heavy (non-hydrogen) atoms. The number of piperidine rings is 1. The van der Waals surface area contributed by atoms with Gasteiger partial charge in [-0.05, 0) is 61.4 Å². The van der Waals surface area contributed by atoms with Crippen molar-refractivity contribution in [2.45, 2.75) is 44.6 Å². The minimum absolute atomic E-state index is 0.241. The molecule has 0 saturated carbocycles. The summed E-state index contributed by atoms with van der Waals surface area (Å²) >= 11 is 0. The van der Waals surface area contributed by atoms with Crippen LogP contribution in [0.25, 0.3) is 11.1 Å². The summed E-state index contributed by atoms with van der Waals surface area (Å²) in [4.78, 5) is 11.9. The Kier molecular flexibility index (Phi) is 4.48. The van der Waals surface area contributed by atoms with E-state index in [1.54, 1.807) is 0 Å². The molecule has 0 radical (unpaired) electrons. The van der Waals surface area contributed by atoms with Crippen LogP contribution in [-0.2, 0) is 18.4 Å². The molecule has 1 fully saturated rings. The molecular weight excluding hydrogens is 342 g/mol. The number of aryl methyl sites for hydroxylation is 2. The van der Waals surface area contributed by atoms with Gasteiger partial charge in [0, 0.05) is 24.7 Å². The van der Waals surface area contributed by atoms with E-state index in [9.17, 15) is 0 Å². The van der Waals surface area contributed by atoms with Crippen molar-refractivity contribution in [2.24, 2.45) is 0 Å². The van der Waals surface area contributed by atoms with Gasteiger partial charge in [-0.25, -0.2) is 9.97 Å². The first-order chi connectivity index (χ1) is 13.7. The highest BCUT2D eigenvalue weighted by Gasteiger charge is 2.43. The number of hydrogen-bond acceptors (Lipinski definition) is 3. The number of aromatic nitrogens is 2. The van der Waals surface area contributed by atoms with Crippen molar-refractivity contribution in [1.29, 1.82) is 0 Å². The summed E-state index contributed by atoms with van der Waals surface area (Å²) in [6.45, 7) is 5.34. The molecule has 3 heteroatoms. The number of hydrogen-bond donors (Lipinski definition) is 0. The fourth-order valence-corrected chi connectivity index (χ4v) is 5.08. The second-order valence-corrected chi connectivity index (χ2v) is 8.45. The zero-order valence-electron chi connectivity index (χ0n) is 16.6. The molecule has 1 atom stereocenters. The quantitative estimate of drug-likeness (QED) is 0.655. The minimum Gasteiger partial charge on any atom is -0.298 e. The number of benzene rings is 2. The lowest BCUT2D eigenvalue weighted by atomic mass is 9.77. The molecule has 2 aliphatic rings. The van der Waals surface area contributed by atoms with Gasteiger partial charge in [-0.2, -0.15) is 0 Å². The second-order valence-electron chi connectivity index (χ2n) is 8.45. The van der Waals surface area contributed by atoms with Crippen molar-refractivity contribution in [3.8, 4) is 11.1 Å². The maximum Gasteiger partial charge on any atom is 0.125 e. The summed E-state index contributed by atoms with van der Waals surface area (Å²) in [5.74, 6) is 0.911. The van der Waals surface area contributed by atoms with E-state index in [-0.39, 0.29) is 5.41 Å². The van der Waals surface area contributed by atoms with E-state index >= 15 is 0 Å². The molecule has 1 unspecified atom stereocenters. The summed E-state index contributed by atoms with van der Waals surface area (Å²) in [5.41, 5.74) is 6.92. The average molecular weight is 370 g/mol. The van der Waals surface area contributed by atoms with Gasteiger partial charge >= 0.3 is 0 Å². The van der Waals surface area contributed by atoms with Crippen LogP contribution in [0.15, 0.2) is 60.8 Å². The Balaban J connectivity index is 1.33. The second kappa shape index (κ2) is 7.14. The fraction of sp³-hybridized carbons (Fsp3) is 0.360. The summed E-state index contributed by atoms with van der Waals surface area (Å²) in [6, 6.07) is 19.7. The van der Waals surface area contributed by atoms with Gasteiger partial charge in [0.2, 0.25) is 0 Å². The minimum atomic E-state index is 0.241. The zero-order valence-corrected chi connectivity index (χ0v) is 16.6. The van der Waals surface area contributed by atoms with E-state index in [1.165, 1.54) is 53.8 Å². The number of rotatable bonds is 3. The molecule has 3 aromatic rings. The van der Waals surface area contributed by atoms with Crippen molar-refractivity contribution in [3.05, 3.63) is 83.4 Å². The van der Waals surface area contributed by atoms with Gasteiger partial charge in [0.1, 0.15) is 5.82 Å². The topological polar surface area (TPSA) is 29.0 Å². The summed E-state index contributed by atoms with van der Waals surface area (Å²) in [5, 5.41) is 0. The van der Waals surface area contributed by atoms with Gasteiger partial charge in [0.25, 0.3) is 0 Å². The van der Waals surface area contributed by atoms with Crippen molar-refractivity contribution in [3.63, 3.8) is 0 Å². The fourth-order valence-electron chi connectivity index (χ4n) is 5.08. The van der Waals surface area contributed by atoms with Gasteiger partial charge in [-0.15, -0.1) is 0 Å². The third-order valence-corrected chi connectivity index (χ3v) is 6.48. The molecule has 1 saturated heterocycles. The lowest BCUT2D eigenvalue weighted by Crippen LogP contribution is -2.45. The SMILES string of the molecule is Cc1ncc2c(n1)C1(CCCN(Cc3ccc(-c4ccccc4)cc3)C1)CC2. The lowest BCUT2D eigenvalue weighted by Gasteiger charge is -2.40. The number of fused-ring (bicyclic) bond motifs is 2. The van der Waals surface area contributed by atoms with Crippen molar-refractivity contribution in [1.82, 2.24) is 14.9 Å². The van der Waals surface area contributed by atoms with Crippen LogP contribution in [0.1, 0.15) is 41.9 Å². The highest BCUT2D eigenvalue weighted by atomic mass is 15.1. The molecule has 1 aromatic heterocycles. The number of likely N-dealkylation sites (tertiary alicyclic amines) is 1. The Bertz CT molecular complexity index is 961. The van der Waals surface area contributed by atoms with Crippen molar-refractivity contribution >= 4 is 0 Å². The highest BCUT2D eigenvalue weighted by molar-refractivity contribution is 5.63. The monoisotopic (exact) mass is 369 g/mol. The van der Waals surface area contributed by atoms with Gasteiger partial charge in [0.05, 0.1) is 5.69 Å². The molecule has 0 bridgehead atoms. The van der Waals surface area contributed by atoms with E-state index in [1.807, 2.05) is 6.92 Å². The van der Waals surface area contributed by atoms with E-state index in [0.717, 1.165) is 25.3 Å². The summed E-state index contributed by atoms with van der Waals surface area (Å²) in [7, 11) is 0. The first-order valence-electron chi connectivity index (χ1n) is 10.4. The summed E-state index contributed by atoms with van der Waals surface area (Å²) < 4.78 is 0. The van der Waals surface area contributed by atoms with Crippen LogP contribution in [0, 0.1) is 6.92 Å². The van der Waals surface area contributed by atoms with Crippen LogP contribution in [0.4, 0.5) is 0 Å². The standard InChI is InChI=1S/C25H27N3/c1-19-26-16-23-12-14-25(24(23)27-19)13-5-15-28(18-25)17-20-8-10-22(11-9-20)21-6-3-2-4-7-21/h2-4,6-11,16H,5,12-15,17-18H2,1H3. The van der Waals surface area contributed by atoms with Crippen LogP contribution in [0.2, 0.25) is 0 Å². The van der Waals surface area contributed by atoms with Crippen LogP contribution in [0.5, 0.6) is 0 Å². The molecule has 142 valence electrons. The first-order valence-corrected chi connectivity index (χ1v) is 10.4. The normalized spacial score (nSPS) is 21.8. The highest BCUT2D eigenvalue weighted by Crippen LogP contribution is 2.44. The van der Waals surface area contributed by atoms with Crippen LogP contribution in [0.3, 0.4) is 0 Å². The van der Waals surface area contributed by atoms with E-state index in [0.29, 0.717) is 0 Å². The molecule has 3 nitrogen and oxygen atoms in total. The molecule has 1 spiro atoms. The molecule has 1 aliphatic heterocycles. The Hall–Kier alpha value is -2.52.